The summed E-state index contributed by atoms with van der Waals surface area (Å²) in [5.74, 6) is 1.66. The molecule has 0 saturated heterocycles. The maximum Gasteiger partial charge on any atom is 0.191 e. The van der Waals surface area contributed by atoms with Crippen LogP contribution in [0.3, 0.4) is 0 Å². The minimum absolute atomic E-state index is 0. The predicted molar refractivity (Wildman–Crippen MR) is 118 cm³/mol. The standard InChI is InChI=1S/C19H27N5O.HI/c1-20-19(22-12-15-9-10-21-18(11-15)24(2)3)23-13-17(14-25)16-7-5-4-6-8-16;/h4-11,17,25H,12-14H2,1-3H3,(H2,20,22,23);1H. The molecular weight excluding hydrogens is 441 g/mol. The van der Waals surface area contributed by atoms with Crippen molar-refractivity contribution in [2.24, 2.45) is 4.99 Å². The SMILES string of the molecule is CN=C(NCc1ccnc(N(C)C)c1)NCC(CO)c1ccccc1.I. The third kappa shape index (κ3) is 6.80. The molecule has 26 heavy (non-hydrogen) atoms. The maximum absolute atomic E-state index is 9.64. The second-order valence-electron chi connectivity index (χ2n) is 6.01. The molecule has 0 aliphatic rings. The van der Waals surface area contributed by atoms with Crippen LogP contribution in [0.25, 0.3) is 0 Å². The summed E-state index contributed by atoms with van der Waals surface area (Å²) < 4.78 is 0. The fraction of sp³-hybridized carbons (Fsp3) is 0.368. The van der Waals surface area contributed by atoms with Crippen molar-refractivity contribution in [3.63, 3.8) is 0 Å². The number of anilines is 1. The van der Waals surface area contributed by atoms with Gasteiger partial charge < -0.3 is 20.6 Å². The van der Waals surface area contributed by atoms with E-state index in [0.29, 0.717) is 19.0 Å². The lowest BCUT2D eigenvalue weighted by molar-refractivity contribution is 0.265. The van der Waals surface area contributed by atoms with E-state index in [1.165, 1.54) is 0 Å². The lowest BCUT2D eigenvalue weighted by atomic mass is 10.0. The summed E-state index contributed by atoms with van der Waals surface area (Å²) >= 11 is 0. The van der Waals surface area contributed by atoms with Crippen LogP contribution in [0.15, 0.2) is 53.7 Å². The molecule has 7 heteroatoms. The van der Waals surface area contributed by atoms with Gasteiger partial charge in [-0.1, -0.05) is 30.3 Å². The predicted octanol–water partition coefficient (Wildman–Crippen LogP) is 2.21. The van der Waals surface area contributed by atoms with Crippen LogP contribution in [-0.2, 0) is 6.54 Å². The lowest BCUT2D eigenvalue weighted by Crippen LogP contribution is -2.39. The van der Waals surface area contributed by atoms with Crippen LogP contribution in [-0.4, -0.2) is 50.3 Å². The van der Waals surface area contributed by atoms with Gasteiger partial charge in [-0.2, -0.15) is 0 Å². The first kappa shape index (κ1) is 22.2. The monoisotopic (exact) mass is 469 g/mol. The fourth-order valence-electron chi connectivity index (χ4n) is 2.45. The van der Waals surface area contributed by atoms with Crippen LogP contribution in [0.2, 0.25) is 0 Å². The van der Waals surface area contributed by atoms with Crippen LogP contribution >= 0.6 is 24.0 Å². The van der Waals surface area contributed by atoms with E-state index in [9.17, 15) is 5.11 Å². The number of hydrogen-bond donors (Lipinski definition) is 3. The highest BCUT2D eigenvalue weighted by Gasteiger charge is 2.10. The number of benzene rings is 1. The molecule has 2 rings (SSSR count). The van der Waals surface area contributed by atoms with E-state index in [1.807, 2.05) is 61.5 Å². The van der Waals surface area contributed by atoms with E-state index < -0.39 is 0 Å². The average Bonchev–Trinajstić information content (AvgIpc) is 2.65. The highest BCUT2D eigenvalue weighted by atomic mass is 127. The van der Waals surface area contributed by atoms with Crippen molar-refractivity contribution in [3.05, 3.63) is 59.8 Å². The molecule has 0 radical (unpaired) electrons. The molecule has 142 valence electrons. The summed E-state index contributed by atoms with van der Waals surface area (Å²) in [5, 5.41) is 16.2. The summed E-state index contributed by atoms with van der Waals surface area (Å²) in [4.78, 5) is 10.5. The van der Waals surface area contributed by atoms with Crippen LogP contribution in [0.5, 0.6) is 0 Å². The number of nitrogens with one attached hydrogen (secondary N) is 2. The number of halogens is 1. The first-order chi connectivity index (χ1) is 12.1. The van der Waals surface area contributed by atoms with Gasteiger partial charge in [-0.3, -0.25) is 4.99 Å². The maximum atomic E-state index is 9.64. The zero-order valence-electron chi connectivity index (χ0n) is 15.5. The minimum Gasteiger partial charge on any atom is -0.396 e. The van der Waals surface area contributed by atoms with Gasteiger partial charge >= 0.3 is 0 Å². The number of aromatic nitrogens is 1. The molecule has 2 aromatic rings. The molecule has 1 heterocycles. The molecular formula is C19H28IN5O. The Morgan fingerprint density at radius 2 is 1.92 bits per heavy atom. The normalized spacial score (nSPS) is 12.1. The Labute approximate surface area is 172 Å². The van der Waals surface area contributed by atoms with Crippen molar-refractivity contribution in [1.29, 1.82) is 0 Å². The highest BCUT2D eigenvalue weighted by Crippen LogP contribution is 2.13. The second kappa shape index (κ2) is 11.7. The Balaban J connectivity index is 0.00000338. The van der Waals surface area contributed by atoms with E-state index in [2.05, 4.69) is 20.6 Å². The molecule has 1 atom stereocenters. The summed E-state index contributed by atoms with van der Waals surface area (Å²) in [6.45, 7) is 1.35. The second-order valence-corrected chi connectivity index (χ2v) is 6.01. The molecule has 1 aromatic heterocycles. The van der Waals surface area contributed by atoms with E-state index in [1.54, 1.807) is 13.2 Å². The Kier molecular flexibility index (Phi) is 9.97. The molecule has 6 nitrogen and oxygen atoms in total. The largest absolute Gasteiger partial charge is 0.396 e. The van der Waals surface area contributed by atoms with Crippen molar-refractivity contribution in [2.75, 3.05) is 39.2 Å². The lowest BCUT2D eigenvalue weighted by Gasteiger charge is -2.18. The van der Waals surface area contributed by atoms with Gasteiger partial charge in [0.05, 0.1) is 6.61 Å². The van der Waals surface area contributed by atoms with E-state index in [-0.39, 0.29) is 36.5 Å². The van der Waals surface area contributed by atoms with Crippen LogP contribution in [0.1, 0.15) is 17.0 Å². The molecule has 0 spiro atoms. The number of rotatable bonds is 7. The number of pyridine rings is 1. The number of nitrogens with zero attached hydrogens (tertiary/aromatic N) is 3. The number of guanidine groups is 1. The summed E-state index contributed by atoms with van der Waals surface area (Å²) in [6, 6.07) is 14.0. The number of aliphatic hydroxyl groups excluding tert-OH is 1. The number of aliphatic imine (C=N–C) groups is 1. The minimum atomic E-state index is 0. The van der Waals surface area contributed by atoms with Crippen LogP contribution < -0.4 is 15.5 Å². The molecule has 0 aliphatic heterocycles. The van der Waals surface area contributed by atoms with Gasteiger partial charge in [0, 0.05) is 46.3 Å². The van der Waals surface area contributed by atoms with Crippen molar-refractivity contribution in [1.82, 2.24) is 15.6 Å². The highest BCUT2D eigenvalue weighted by molar-refractivity contribution is 14.0. The fourth-order valence-corrected chi connectivity index (χ4v) is 2.45. The van der Waals surface area contributed by atoms with Crippen molar-refractivity contribution >= 4 is 35.8 Å². The summed E-state index contributed by atoms with van der Waals surface area (Å²) in [7, 11) is 5.68. The Morgan fingerprint density at radius 3 is 2.54 bits per heavy atom. The van der Waals surface area contributed by atoms with Gasteiger partial charge in [-0.15, -0.1) is 24.0 Å². The topological polar surface area (TPSA) is 72.8 Å². The number of aliphatic hydroxyl groups is 1. The summed E-state index contributed by atoms with van der Waals surface area (Å²) in [5.41, 5.74) is 2.24. The molecule has 1 unspecified atom stereocenters. The quantitative estimate of drug-likeness (QED) is 0.330. The van der Waals surface area contributed by atoms with Gasteiger partial charge in [0.15, 0.2) is 5.96 Å². The van der Waals surface area contributed by atoms with Gasteiger partial charge in [0.2, 0.25) is 0 Å². The summed E-state index contributed by atoms with van der Waals surface area (Å²) in [6.07, 6.45) is 1.81. The van der Waals surface area contributed by atoms with E-state index in [4.69, 9.17) is 0 Å². The molecule has 1 aromatic carbocycles. The van der Waals surface area contributed by atoms with E-state index in [0.717, 1.165) is 16.9 Å². The molecule has 0 fully saturated rings. The van der Waals surface area contributed by atoms with Gasteiger partial charge in [-0.25, -0.2) is 4.98 Å². The van der Waals surface area contributed by atoms with Gasteiger partial charge in [0.1, 0.15) is 5.82 Å². The molecule has 3 N–H and O–H groups in total. The third-order valence-corrected chi connectivity index (χ3v) is 3.96. The molecule has 0 bridgehead atoms. The van der Waals surface area contributed by atoms with E-state index >= 15 is 0 Å². The van der Waals surface area contributed by atoms with Gasteiger partial charge in [0.25, 0.3) is 0 Å². The molecule has 0 amide bonds. The van der Waals surface area contributed by atoms with Crippen molar-refractivity contribution in [3.8, 4) is 0 Å². The van der Waals surface area contributed by atoms with Gasteiger partial charge in [-0.05, 0) is 23.3 Å². The number of hydrogen-bond acceptors (Lipinski definition) is 4. The molecule has 0 aliphatic carbocycles. The third-order valence-electron chi connectivity index (χ3n) is 3.96. The van der Waals surface area contributed by atoms with Crippen molar-refractivity contribution in [2.45, 2.75) is 12.5 Å². The Hall–Kier alpha value is -1.87. The average molecular weight is 469 g/mol. The Bertz CT molecular complexity index is 679. The van der Waals surface area contributed by atoms with Crippen LogP contribution in [0, 0.1) is 0 Å². The smallest absolute Gasteiger partial charge is 0.191 e. The van der Waals surface area contributed by atoms with Crippen LogP contribution in [0.4, 0.5) is 5.82 Å². The van der Waals surface area contributed by atoms with Crippen molar-refractivity contribution < 1.29 is 5.11 Å². The zero-order chi connectivity index (χ0) is 18.1. The molecule has 0 saturated carbocycles. The first-order valence-electron chi connectivity index (χ1n) is 8.36. The Morgan fingerprint density at radius 1 is 1.19 bits per heavy atom. The zero-order valence-corrected chi connectivity index (χ0v) is 17.8. The first-order valence-corrected chi connectivity index (χ1v) is 8.36.